The molecule has 1 fully saturated rings. The maximum atomic E-state index is 12.9. The summed E-state index contributed by atoms with van der Waals surface area (Å²) >= 11 is 0. The van der Waals surface area contributed by atoms with Gasteiger partial charge in [-0.15, -0.1) is 10.2 Å². The van der Waals surface area contributed by atoms with Crippen molar-refractivity contribution in [2.24, 2.45) is 0 Å². The molecule has 1 aromatic carbocycles. The lowest BCUT2D eigenvalue weighted by Crippen LogP contribution is -2.04. The largest absolute Gasteiger partial charge is 0.381 e. The highest BCUT2D eigenvalue weighted by molar-refractivity contribution is 5.53. The molecule has 0 saturated carbocycles. The minimum Gasteiger partial charge on any atom is -0.381 e. The van der Waals surface area contributed by atoms with E-state index in [0.717, 1.165) is 30.8 Å². The van der Waals surface area contributed by atoms with Gasteiger partial charge in [-0.1, -0.05) is 5.16 Å². The first-order valence-corrected chi connectivity index (χ1v) is 8.22. The Morgan fingerprint density at radius 1 is 1.24 bits per heavy atom. The van der Waals surface area contributed by atoms with Crippen molar-refractivity contribution in [1.82, 2.24) is 30.3 Å². The second kappa shape index (κ2) is 7.06. The number of hydrogen-bond donors (Lipinski definition) is 0. The Balaban J connectivity index is 1.31. The number of benzene rings is 1. The maximum Gasteiger partial charge on any atom is 0.226 e. The first-order chi connectivity index (χ1) is 12.3. The predicted molar refractivity (Wildman–Crippen MR) is 84.0 cm³/mol. The molecule has 0 amide bonds. The molecule has 130 valence electrons. The van der Waals surface area contributed by atoms with E-state index in [-0.39, 0.29) is 11.7 Å². The van der Waals surface area contributed by atoms with E-state index in [1.807, 2.05) is 0 Å². The number of rotatable bonds is 6. The van der Waals surface area contributed by atoms with E-state index in [0.29, 0.717) is 31.3 Å². The zero-order valence-corrected chi connectivity index (χ0v) is 13.5. The third-order valence-electron chi connectivity index (χ3n) is 4.08. The molecule has 1 aliphatic rings. The van der Waals surface area contributed by atoms with Gasteiger partial charge in [0.15, 0.2) is 5.82 Å². The summed E-state index contributed by atoms with van der Waals surface area (Å²) in [6, 6.07) is 6.00. The summed E-state index contributed by atoms with van der Waals surface area (Å²) in [5.41, 5.74) is 0.730. The van der Waals surface area contributed by atoms with E-state index in [9.17, 15) is 4.39 Å². The lowest BCUT2D eigenvalue weighted by Gasteiger charge is -1.98. The average Bonchev–Trinajstić information content (AvgIpc) is 3.37. The van der Waals surface area contributed by atoms with Gasteiger partial charge in [-0.05, 0) is 42.3 Å². The first kappa shape index (κ1) is 15.8. The first-order valence-electron chi connectivity index (χ1n) is 8.22. The van der Waals surface area contributed by atoms with Crippen molar-refractivity contribution >= 4 is 0 Å². The second-order valence-corrected chi connectivity index (χ2v) is 5.93. The highest BCUT2D eigenvalue weighted by Gasteiger charge is 2.22. The van der Waals surface area contributed by atoms with Crippen LogP contribution >= 0.6 is 0 Å². The zero-order valence-electron chi connectivity index (χ0n) is 13.5. The van der Waals surface area contributed by atoms with Crippen LogP contribution in [0.2, 0.25) is 0 Å². The van der Waals surface area contributed by atoms with E-state index in [2.05, 4.69) is 25.6 Å². The van der Waals surface area contributed by atoms with Crippen LogP contribution in [0.4, 0.5) is 4.39 Å². The third-order valence-corrected chi connectivity index (χ3v) is 4.08. The van der Waals surface area contributed by atoms with Crippen LogP contribution in [0.5, 0.6) is 0 Å². The molecule has 4 rings (SSSR count). The fourth-order valence-corrected chi connectivity index (χ4v) is 2.70. The molecule has 0 unspecified atom stereocenters. The van der Waals surface area contributed by atoms with Gasteiger partial charge < -0.3 is 9.26 Å². The molecule has 3 aromatic rings. The molecule has 1 aliphatic heterocycles. The van der Waals surface area contributed by atoms with Gasteiger partial charge in [-0.3, -0.25) is 0 Å². The smallest absolute Gasteiger partial charge is 0.226 e. The molecule has 1 atom stereocenters. The number of ether oxygens (including phenoxy) is 1. The van der Waals surface area contributed by atoms with Crippen molar-refractivity contribution in [2.45, 2.75) is 31.7 Å². The predicted octanol–water partition coefficient (Wildman–Crippen LogP) is 2.00. The van der Waals surface area contributed by atoms with Crippen molar-refractivity contribution in [3.05, 3.63) is 41.8 Å². The zero-order chi connectivity index (χ0) is 17.1. The van der Waals surface area contributed by atoms with Gasteiger partial charge in [0, 0.05) is 24.5 Å². The van der Waals surface area contributed by atoms with Crippen LogP contribution in [0.1, 0.15) is 30.5 Å². The van der Waals surface area contributed by atoms with Crippen molar-refractivity contribution in [2.75, 3.05) is 13.2 Å². The fourth-order valence-electron chi connectivity index (χ4n) is 2.70. The van der Waals surface area contributed by atoms with Gasteiger partial charge in [0.25, 0.3) is 0 Å². The summed E-state index contributed by atoms with van der Waals surface area (Å²) < 4.78 is 23.6. The summed E-state index contributed by atoms with van der Waals surface area (Å²) in [5.74, 6) is 1.76. The number of aryl methyl sites for hydroxylation is 2. The molecule has 0 aliphatic carbocycles. The van der Waals surface area contributed by atoms with Gasteiger partial charge in [0.1, 0.15) is 5.82 Å². The van der Waals surface area contributed by atoms with Crippen LogP contribution in [0.15, 0.2) is 28.8 Å². The van der Waals surface area contributed by atoms with Crippen molar-refractivity contribution < 1.29 is 13.7 Å². The Hall–Kier alpha value is -2.68. The Bertz CT molecular complexity index is 825. The molecule has 0 radical (unpaired) electrons. The van der Waals surface area contributed by atoms with Gasteiger partial charge >= 0.3 is 0 Å². The number of tetrazole rings is 1. The van der Waals surface area contributed by atoms with Crippen molar-refractivity contribution in [3.63, 3.8) is 0 Å². The van der Waals surface area contributed by atoms with Gasteiger partial charge in [0.2, 0.25) is 11.7 Å². The lowest BCUT2D eigenvalue weighted by molar-refractivity contribution is 0.192. The van der Waals surface area contributed by atoms with Crippen LogP contribution in [-0.2, 0) is 17.7 Å². The Kier molecular flexibility index (Phi) is 4.47. The summed E-state index contributed by atoms with van der Waals surface area (Å²) in [7, 11) is 0. The average molecular weight is 344 g/mol. The van der Waals surface area contributed by atoms with Gasteiger partial charge in [0.05, 0.1) is 13.2 Å². The highest BCUT2D eigenvalue weighted by Crippen LogP contribution is 2.22. The second-order valence-electron chi connectivity index (χ2n) is 5.93. The molecule has 9 heteroatoms. The molecule has 2 aromatic heterocycles. The van der Waals surface area contributed by atoms with Crippen LogP contribution in [0.3, 0.4) is 0 Å². The Labute approximate surface area is 143 Å². The fraction of sp³-hybridized carbons (Fsp3) is 0.438. The van der Waals surface area contributed by atoms with E-state index >= 15 is 0 Å². The monoisotopic (exact) mass is 344 g/mol. The van der Waals surface area contributed by atoms with Crippen LogP contribution < -0.4 is 0 Å². The molecule has 8 nitrogen and oxygen atoms in total. The van der Waals surface area contributed by atoms with Gasteiger partial charge in [-0.25, -0.2) is 4.39 Å². The standard InChI is InChI=1S/C16H17FN6O2/c17-13-5-3-11(4-6-13)16-19-22-23(20-16)8-1-2-14-18-15(21-25-14)12-7-9-24-10-12/h3-6,12H,1-2,7-10H2/t12-/m0/s1. The Morgan fingerprint density at radius 3 is 2.92 bits per heavy atom. The Morgan fingerprint density at radius 2 is 2.12 bits per heavy atom. The van der Waals surface area contributed by atoms with E-state index in [1.165, 1.54) is 16.9 Å². The normalized spacial score (nSPS) is 17.2. The molecule has 1 saturated heterocycles. The van der Waals surface area contributed by atoms with E-state index in [1.54, 1.807) is 12.1 Å². The highest BCUT2D eigenvalue weighted by atomic mass is 19.1. The number of nitrogens with zero attached hydrogens (tertiary/aromatic N) is 6. The van der Waals surface area contributed by atoms with E-state index < -0.39 is 0 Å². The molecular formula is C16H17FN6O2. The van der Waals surface area contributed by atoms with Crippen LogP contribution in [0, 0.1) is 5.82 Å². The molecule has 3 heterocycles. The van der Waals surface area contributed by atoms with Crippen molar-refractivity contribution in [1.29, 1.82) is 0 Å². The maximum absolute atomic E-state index is 12.9. The van der Waals surface area contributed by atoms with Gasteiger partial charge in [-0.2, -0.15) is 9.78 Å². The van der Waals surface area contributed by atoms with Crippen LogP contribution in [0.25, 0.3) is 11.4 Å². The van der Waals surface area contributed by atoms with E-state index in [4.69, 9.17) is 9.26 Å². The summed E-state index contributed by atoms with van der Waals surface area (Å²) in [6.07, 6.45) is 2.34. The molecule has 0 spiro atoms. The molecule has 0 bridgehead atoms. The third kappa shape index (κ3) is 3.71. The minimum absolute atomic E-state index is 0.243. The number of hydrogen-bond acceptors (Lipinski definition) is 7. The SMILES string of the molecule is Fc1ccc(-c2nnn(CCCc3nc([C@H]4CCOC4)no3)n2)cc1. The minimum atomic E-state index is -0.292. The number of aromatic nitrogens is 6. The summed E-state index contributed by atoms with van der Waals surface area (Å²) in [4.78, 5) is 5.94. The topological polar surface area (TPSA) is 91.8 Å². The summed E-state index contributed by atoms with van der Waals surface area (Å²) in [5, 5.41) is 16.3. The van der Waals surface area contributed by atoms with Crippen molar-refractivity contribution in [3.8, 4) is 11.4 Å². The quantitative estimate of drug-likeness (QED) is 0.675. The van der Waals surface area contributed by atoms with Crippen LogP contribution in [-0.4, -0.2) is 43.6 Å². The lowest BCUT2D eigenvalue weighted by atomic mass is 10.1. The molecular weight excluding hydrogens is 327 g/mol. The molecule has 0 N–H and O–H groups in total. The summed E-state index contributed by atoms with van der Waals surface area (Å²) in [6.45, 7) is 2.00. The number of halogens is 1. The molecule has 25 heavy (non-hydrogen) atoms.